The van der Waals surface area contributed by atoms with E-state index in [9.17, 15) is 0 Å². The molecule has 1 N–H and O–H groups in total. The lowest BCUT2D eigenvalue weighted by Crippen LogP contribution is -2.36. The second kappa shape index (κ2) is 6.18. The first-order valence-corrected chi connectivity index (χ1v) is 8.50. The molecule has 2 aromatic rings. The van der Waals surface area contributed by atoms with E-state index in [1.807, 2.05) is 18.4 Å². The molecule has 0 aliphatic heterocycles. The van der Waals surface area contributed by atoms with Crippen molar-refractivity contribution < 1.29 is 4.74 Å². The molecule has 1 aliphatic rings. The topological polar surface area (TPSA) is 21.3 Å². The van der Waals surface area contributed by atoms with Crippen LogP contribution in [-0.4, -0.2) is 19.3 Å². The van der Waals surface area contributed by atoms with Crippen molar-refractivity contribution in [2.45, 2.75) is 38.0 Å². The summed E-state index contributed by atoms with van der Waals surface area (Å²) in [6, 6.07) is 7.12. The van der Waals surface area contributed by atoms with Crippen LogP contribution in [0.4, 0.5) is 0 Å². The summed E-state index contributed by atoms with van der Waals surface area (Å²) in [5.41, 5.74) is 1.35. The lowest BCUT2D eigenvalue weighted by Gasteiger charge is -2.19. The van der Waals surface area contributed by atoms with Gasteiger partial charge in [0, 0.05) is 35.0 Å². The average molecular weight is 293 g/mol. The van der Waals surface area contributed by atoms with Crippen LogP contribution in [0.15, 0.2) is 29.0 Å². The summed E-state index contributed by atoms with van der Waals surface area (Å²) >= 11 is 3.65. The van der Waals surface area contributed by atoms with Crippen molar-refractivity contribution >= 4 is 22.7 Å². The van der Waals surface area contributed by atoms with Gasteiger partial charge < -0.3 is 10.1 Å². The van der Waals surface area contributed by atoms with Crippen molar-refractivity contribution in [1.82, 2.24) is 5.32 Å². The summed E-state index contributed by atoms with van der Waals surface area (Å²) in [5.74, 6) is 0. The van der Waals surface area contributed by atoms with Crippen LogP contribution in [0.5, 0.6) is 0 Å². The molecule has 0 saturated heterocycles. The van der Waals surface area contributed by atoms with Gasteiger partial charge in [0.25, 0.3) is 0 Å². The molecular formula is C15H19NOS2. The number of ether oxygens (including phenoxy) is 1. The summed E-state index contributed by atoms with van der Waals surface area (Å²) in [5, 5.41) is 8.03. The maximum Gasteiger partial charge on any atom is 0.0724 e. The highest BCUT2D eigenvalue weighted by Gasteiger charge is 2.26. The van der Waals surface area contributed by atoms with Crippen LogP contribution in [-0.2, 0) is 11.3 Å². The van der Waals surface area contributed by atoms with Crippen molar-refractivity contribution in [2.75, 3.05) is 7.11 Å². The fourth-order valence-corrected chi connectivity index (χ4v) is 4.34. The van der Waals surface area contributed by atoms with Gasteiger partial charge in [0.05, 0.1) is 6.10 Å². The highest BCUT2D eigenvalue weighted by atomic mass is 32.1. The van der Waals surface area contributed by atoms with Gasteiger partial charge in [0.2, 0.25) is 0 Å². The molecule has 2 aromatic heterocycles. The van der Waals surface area contributed by atoms with E-state index >= 15 is 0 Å². The Kier molecular flexibility index (Phi) is 4.33. The first-order chi connectivity index (χ1) is 9.36. The third kappa shape index (κ3) is 3.08. The molecule has 2 heterocycles. The van der Waals surface area contributed by atoms with Crippen LogP contribution in [0.2, 0.25) is 0 Å². The molecule has 4 heteroatoms. The molecule has 2 nitrogen and oxygen atoms in total. The van der Waals surface area contributed by atoms with Gasteiger partial charge in [-0.15, -0.1) is 22.7 Å². The summed E-state index contributed by atoms with van der Waals surface area (Å²) < 4.78 is 5.52. The number of methoxy groups -OCH3 is 1. The molecule has 0 aromatic carbocycles. The Balaban J connectivity index is 1.59. The Morgan fingerprint density at radius 2 is 2.32 bits per heavy atom. The molecular weight excluding hydrogens is 274 g/mol. The van der Waals surface area contributed by atoms with E-state index in [2.05, 4.69) is 34.3 Å². The fraction of sp³-hybridized carbons (Fsp3) is 0.467. The molecule has 1 aliphatic carbocycles. The van der Waals surface area contributed by atoms with Crippen LogP contribution < -0.4 is 5.32 Å². The maximum absolute atomic E-state index is 5.52. The normalized spacial score (nSPS) is 23.0. The Labute approximate surface area is 122 Å². The minimum Gasteiger partial charge on any atom is -0.380 e. The number of hydrogen-bond acceptors (Lipinski definition) is 4. The molecule has 0 spiro atoms. The predicted molar refractivity (Wildman–Crippen MR) is 82.9 cm³/mol. The molecule has 0 radical (unpaired) electrons. The van der Waals surface area contributed by atoms with Crippen molar-refractivity contribution in [3.05, 3.63) is 33.8 Å². The second-order valence-electron chi connectivity index (χ2n) is 4.97. The van der Waals surface area contributed by atoms with Crippen LogP contribution in [0.3, 0.4) is 0 Å². The second-order valence-corrected chi connectivity index (χ2v) is 6.91. The van der Waals surface area contributed by atoms with Crippen molar-refractivity contribution in [1.29, 1.82) is 0 Å². The van der Waals surface area contributed by atoms with E-state index in [0.29, 0.717) is 12.1 Å². The number of hydrogen-bond donors (Lipinski definition) is 1. The van der Waals surface area contributed by atoms with Crippen molar-refractivity contribution in [2.24, 2.45) is 0 Å². The zero-order chi connectivity index (χ0) is 13.1. The molecule has 0 amide bonds. The SMILES string of the molecule is COC1CCCC1NCc1cc(-c2cccs2)cs1. The van der Waals surface area contributed by atoms with E-state index < -0.39 is 0 Å². The smallest absolute Gasteiger partial charge is 0.0724 e. The molecule has 102 valence electrons. The zero-order valence-electron chi connectivity index (χ0n) is 11.1. The molecule has 2 atom stereocenters. The molecule has 19 heavy (non-hydrogen) atoms. The molecule has 1 fully saturated rings. The molecule has 1 saturated carbocycles. The number of thiophene rings is 2. The van der Waals surface area contributed by atoms with Gasteiger partial charge in [-0.3, -0.25) is 0 Å². The number of rotatable bonds is 5. The highest BCUT2D eigenvalue weighted by Crippen LogP contribution is 2.29. The quantitative estimate of drug-likeness (QED) is 0.895. The molecule has 0 bridgehead atoms. The van der Waals surface area contributed by atoms with Gasteiger partial charge in [-0.2, -0.15) is 0 Å². The van der Waals surface area contributed by atoms with Crippen LogP contribution in [0.1, 0.15) is 24.1 Å². The lowest BCUT2D eigenvalue weighted by atomic mass is 10.2. The largest absolute Gasteiger partial charge is 0.380 e. The average Bonchev–Trinajstić information content (AvgIpc) is 3.16. The molecule has 3 rings (SSSR count). The maximum atomic E-state index is 5.52. The third-order valence-electron chi connectivity index (χ3n) is 3.75. The van der Waals surface area contributed by atoms with E-state index in [1.54, 1.807) is 11.3 Å². The predicted octanol–water partition coefficient (Wildman–Crippen LogP) is 4.13. The van der Waals surface area contributed by atoms with Crippen molar-refractivity contribution in [3.63, 3.8) is 0 Å². The zero-order valence-corrected chi connectivity index (χ0v) is 12.7. The standard InChI is InChI=1S/C15H19NOS2/c1-17-14-5-2-4-13(14)16-9-12-8-11(10-19-12)15-6-3-7-18-15/h3,6-8,10,13-14,16H,2,4-5,9H2,1H3. The Morgan fingerprint density at radius 3 is 3.11 bits per heavy atom. The van der Waals surface area contributed by atoms with E-state index in [0.717, 1.165) is 6.54 Å². The Bertz CT molecular complexity index is 506. The summed E-state index contributed by atoms with van der Waals surface area (Å²) in [6.07, 6.45) is 4.11. The van der Waals surface area contributed by atoms with Gasteiger partial charge in [-0.25, -0.2) is 0 Å². The highest BCUT2D eigenvalue weighted by molar-refractivity contribution is 7.14. The van der Waals surface area contributed by atoms with Gasteiger partial charge >= 0.3 is 0 Å². The monoisotopic (exact) mass is 293 g/mol. The van der Waals surface area contributed by atoms with Gasteiger partial charge in [0.1, 0.15) is 0 Å². The van der Waals surface area contributed by atoms with Crippen LogP contribution in [0, 0.1) is 0 Å². The van der Waals surface area contributed by atoms with E-state index in [1.165, 1.54) is 34.6 Å². The number of nitrogens with one attached hydrogen (secondary N) is 1. The first kappa shape index (κ1) is 13.3. The summed E-state index contributed by atoms with van der Waals surface area (Å²) in [6.45, 7) is 0.959. The third-order valence-corrected chi connectivity index (χ3v) is 5.61. The summed E-state index contributed by atoms with van der Waals surface area (Å²) in [4.78, 5) is 2.77. The minimum absolute atomic E-state index is 0.400. The van der Waals surface area contributed by atoms with E-state index in [4.69, 9.17) is 4.74 Å². The summed E-state index contributed by atoms with van der Waals surface area (Å²) in [7, 11) is 1.82. The van der Waals surface area contributed by atoms with Gasteiger partial charge in [-0.1, -0.05) is 6.07 Å². The Morgan fingerprint density at radius 1 is 1.37 bits per heavy atom. The molecule has 2 unspecified atom stereocenters. The van der Waals surface area contributed by atoms with Gasteiger partial charge in [-0.05, 0) is 42.2 Å². The van der Waals surface area contributed by atoms with Crippen molar-refractivity contribution in [3.8, 4) is 10.4 Å². The fourth-order valence-electron chi connectivity index (χ4n) is 2.72. The van der Waals surface area contributed by atoms with Gasteiger partial charge in [0.15, 0.2) is 0 Å². The minimum atomic E-state index is 0.400. The Hall–Kier alpha value is -0.680. The van der Waals surface area contributed by atoms with Crippen LogP contribution in [0.25, 0.3) is 10.4 Å². The van der Waals surface area contributed by atoms with Crippen LogP contribution >= 0.6 is 22.7 Å². The first-order valence-electron chi connectivity index (χ1n) is 6.74. The lowest BCUT2D eigenvalue weighted by molar-refractivity contribution is 0.0848. The van der Waals surface area contributed by atoms with E-state index in [-0.39, 0.29) is 0 Å².